The van der Waals surface area contributed by atoms with E-state index in [1.165, 1.54) is 5.56 Å². The number of anilines is 2. The maximum absolute atomic E-state index is 5.57. The summed E-state index contributed by atoms with van der Waals surface area (Å²) < 4.78 is 7.53. The zero-order valence-corrected chi connectivity index (χ0v) is 16.3. The number of nitrogens with zero attached hydrogens (tertiary/aromatic N) is 4. The van der Waals surface area contributed by atoms with E-state index in [1.807, 2.05) is 42.2 Å². The number of rotatable bonds is 6. The van der Waals surface area contributed by atoms with Crippen LogP contribution in [0.15, 0.2) is 55.2 Å². The lowest BCUT2D eigenvalue weighted by Crippen LogP contribution is -2.01. The van der Waals surface area contributed by atoms with Gasteiger partial charge in [0.05, 0.1) is 12.8 Å². The molecule has 0 saturated heterocycles. The summed E-state index contributed by atoms with van der Waals surface area (Å²) in [6, 6.07) is 8.23. The number of aryl methyl sites for hydroxylation is 2. The van der Waals surface area contributed by atoms with Crippen molar-refractivity contribution >= 4 is 17.2 Å². The SMILES string of the molecule is CCCc1ccc(Nc2nc(-c3cncc(C)c3)cn3ccnc23)cc1OC. The van der Waals surface area contributed by atoms with E-state index in [0.29, 0.717) is 5.82 Å². The molecule has 0 saturated carbocycles. The molecule has 0 unspecified atom stereocenters. The molecule has 1 N–H and O–H groups in total. The molecule has 0 aliphatic carbocycles. The molecule has 1 aromatic carbocycles. The predicted octanol–water partition coefficient (Wildman–Crippen LogP) is 4.80. The lowest BCUT2D eigenvalue weighted by molar-refractivity contribution is 0.409. The van der Waals surface area contributed by atoms with Crippen LogP contribution in [0.1, 0.15) is 24.5 Å². The van der Waals surface area contributed by atoms with E-state index in [0.717, 1.165) is 46.7 Å². The zero-order valence-electron chi connectivity index (χ0n) is 16.3. The molecular formula is C22H23N5O. The van der Waals surface area contributed by atoms with Crippen LogP contribution in [0, 0.1) is 6.92 Å². The van der Waals surface area contributed by atoms with Crippen molar-refractivity contribution < 1.29 is 4.74 Å². The first kappa shape index (κ1) is 18.0. The third kappa shape index (κ3) is 3.53. The molecule has 3 aromatic heterocycles. The topological polar surface area (TPSA) is 64.3 Å². The Morgan fingerprint density at radius 2 is 2.07 bits per heavy atom. The zero-order chi connectivity index (χ0) is 19.5. The lowest BCUT2D eigenvalue weighted by Gasteiger charge is -2.13. The van der Waals surface area contributed by atoms with E-state index in [2.05, 4.69) is 40.4 Å². The Morgan fingerprint density at radius 3 is 2.86 bits per heavy atom. The van der Waals surface area contributed by atoms with Gasteiger partial charge in [-0.3, -0.25) is 4.98 Å². The number of imidazole rings is 1. The summed E-state index contributed by atoms with van der Waals surface area (Å²) in [5.41, 5.74) is 5.77. The number of ether oxygens (including phenoxy) is 1. The van der Waals surface area contributed by atoms with Gasteiger partial charge in [0.1, 0.15) is 5.75 Å². The second-order valence-electron chi connectivity index (χ2n) is 6.79. The number of pyridine rings is 1. The Hall–Kier alpha value is -3.41. The quantitative estimate of drug-likeness (QED) is 0.526. The maximum atomic E-state index is 5.57. The van der Waals surface area contributed by atoms with E-state index in [1.54, 1.807) is 13.3 Å². The molecular weight excluding hydrogens is 350 g/mol. The van der Waals surface area contributed by atoms with E-state index in [9.17, 15) is 0 Å². The minimum Gasteiger partial charge on any atom is -0.496 e. The van der Waals surface area contributed by atoms with Gasteiger partial charge in [0.15, 0.2) is 11.5 Å². The van der Waals surface area contributed by atoms with E-state index >= 15 is 0 Å². The molecule has 0 bridgehead atoms. The van der Waals surface area contributed by atoms with Crippen molar-refractivity contribution in [1.29, 1.82) is 0 Å². The largest absolute Gasteiger partial charge is 0.496 e. The smallest absolute Gasteiger partial charge is 0.180 e. The monoisotopic (exact) mass is 373 g/mol. The Balaban J connectivity index is 1.75. The Labute approximate surface area is 164 Å². The van der Waals surface area contributed by atoms with E-state index < -0.39 is 0 Å². The standard InChI is InChI=1S/C22H23N5O/c1-4-5-16-6-7-18(11-20(16)28-3)25-21-22-24-8-9-27(22)14-19(26-21)17-10-15(2)12-23-13-17/h6-14H,4-5H2,1-3H3,(H,25,26). The van der Waals surface area contributed by atoms with Gasteiger partial charge in [-0.1, -0.05) is 19.4 Å². The molecule has 4 aromatic rings. The highest BCUT2D eigenvalue weighted by Crippen LogP contribution is 2.28. The van der Waals surface area contributed by atoms with Crippen LogP contribution in [0.3, 0.4) is 0 Å². The molecule has 0 radical (unpaired) electrons. The van der Waals surface area contributed by atoms with Gasteiger partial charge in [-0.05, 0) is 36.6 Å². The predicted molar refractivity (Wildman–Crippen MR) is 111 cm³/mol. The van der Waals surface area contributed by atoms with Crippen LogP contribution in [-0.4, -0.2) is 26.5 Å². The molecule has 6 nitrogen and oxygen atoms in total. The van der Waals surface area contributed by atoms with Crippen LogP contribution in [0.25, 0.3) is 16.9 Å². The van der Waals surface area contributed by atoms with Crippen LogP contribution in [0.4, 0.5) is 11.5 Å². The number of hydrogen-bond donors (Lipinski definition) is 1. The third-order valence-electron chi connectivity index (χ3n) is 4.61. The third-order valence-corrected chi connectivity index (χ3v) is 4.61. The molecule has 0 aliphatic rings. The minimum atomic E-state index is 0.689. The van der Waals surface area contributed by atoms with Gasteiger partial charge >= 0.3 is 0 Å². The first-order valence-corrected chi connectivity index (χ1v) is 9.37. The van der Waals surface area contributed by atoms with Crippen molar-refractivity contribution in [2.75, 3.05) is 12.4 Å². The summed E-state index contributed by atoms with van der Waals surface area (Å²) in [4.78, 5) is 13.6. The maximum Gasteiger partial charge on any atom is 0.180 e. The number of aromatic nitrogens is 4. The van der Waals surface area contributed by atoms with Crippen molar-refractivity contribution in [1.82, 2.24) is 19.4 Å². The summed E-state index contributed by atoms with van der Waals surface area (Å²) in [5, 5.41) is 3.41. The second kappa shape index (κ2) is 7.68. The van der Waals surface area contributed by atoms with Gasteiger partial charge < -0.3 is 14.5 Å². The molecule has 0 fully saturated rings. The Kier molecular flexibility index (Phi) is 4.93. The van der Waals surface area contributed by atoms with E-state index in [-0.39, 0.29) is 0 Å². The van der Waals surface area contributed by atoms with Gasteiger partial charge in [-0.2, -0.15) is 0 Å². The van der Waals surface area contributed by atoms with Crippen molar-refractivity contribution in [2.45, 2.75) is 26.7 Å². The van der Waals surface area contributed by atoms with Crippen molar-refractivity contribution in [3.63, 3.8) is 0 Å². The van der Waals surface area contributed by atoms with Gasteiger partial charge in [-0.15, -0.1) is 0 Å². The lowest BCUT2D eigenvalue weighted by atomic mass is 10.1. The molecule has 3 heterocycles. The van der Waals surface area contributed by atoms with Crippen LogP contribution >= 0.6 is 0 Å². The summed E-state index contributed by atoms with van der Waals surface area (Å²) in [6.07, 6.45) is 11.4. The van der Waals surface area contributed by atoms with Gasteiger partial charge in [0, 0.05) is 48.3 Å². The first-order chi connectivity index (χ1) is 13.7. The average Bonchev–Trinajstić information content (AvgIpc) is 3.18. The summed E-state index contributed by atoms with van der Waals surface area (Å²) in [5.74, 6) is 1.57. The van der Waals surface area contributed by atoms with E-state index in [4.69, 9.17) is 9.72 Å². The highest BCUT2D eigenvalue weighted by atomic mass is 16.5. The van der Waals surface area contributed by atoms with Gasteiger partial charge in [0.2, 0.25) is 0 Å². The number of hydrogen-bond acceptors (Lipinski definition) is 5. The second-order valence-corrected chi connectivity index (χ2v) is 6.79. The fourth-order valence-corrected chi connectivity index (χ4v) is 3.28. The van der Waals surface area contributed by atoms with Crippen molar-refractivity contribution in [3.8, 4) is 17.0 Å². The summed E-state index contributed by atoms with van der Waals surface area (Å²) in [7, 11) is 1.70. The fraction of sp³-hybridized carbons (Fsp3) is 0.227. The number of fused-ring (bicyclic) bond motifs is 1. The van der Waals surface area contributed by atoms with Crippen LogP contribution in [0.2, 0.25) is 0 Å². The van der Waals surface area contributed by atoms with Crippen LogP contribution < -0.4 is 10.1 Å². The van der Waals surface area contributed by atoms with Crippen molar-refractivity contribution in [2.24, 2.45) is 0 Å². The fourth-order valence-electron chi connectivity index (χ4n) is 3.28. The van der Waals surface area contributed by atoms with Crippen molar-refractivity contribution in [3.05, 3.63) is 66.4 Å². The highest BCUT2D eigenvalue weighted by Gasteiger charge is 2.11. The summed E-state index contributed by atoms with van der Waals surface area (Å²) >= 11 is 0. The molecule has 142 valence electrons. The molecule has 28 heavy (non-hydrogen) atoms. The average molecular weight is 373 g/mol. The molecule has 0 atom stereocenters. The normalized spacial score (nSPS) is 11.0. The highest BCUT2D eigenvalue weighted by molar-refractivity contribution is 5.74. The minimum absolute atomic E-state index is 0.689. The molecule has 6 heteroatoms. The Bertz CT molecular complexity index is 1120. The molecule has 0 amide bonds. The molecule has 0 spiro atoms. The summed E-state index contributed by atoms with van der Waals surface area (Å²) in [6.45, 7) is 4.19. The number of methoxy groups -OCH3 is 1. The first-order valence-electron chi connectivity index (χ1n) is 9.37. The Morgan fingerprint density at radius 1 is 1.18 bits per heavy atom. The van der Waals surface area contributed by atoms with Gasteiger partial charge in [0.25, 0.3) is 0 Å². The van der Waals surface area contributed by atoms with Crippen LogP contribution in [0.5, 0.6) is 5.75 Å². The number of benzene rings is 1. The van der Waals surface area contributed by atoms with Crippen LogP contribution in [-0.2, 0) is 6.42 Å². The van der Waals surface area contributed by atoms with Gasteiger partial charge in [-0.25, -0.2) is 9.97 Å². The molecule has 0 aliphatic heterocycles. The number of nitrogens with one attached hydrogen (secondary N) is 1. The molecule has 4 rings (SSSR count).